The van der Waals surface area contributed by atoms with Gasteiger partial charge in [-0.25, -0.2) is 0 Å². The normalized spacial score (nSPS) is 15.5. The minimum Gasteiger partial charge on any atom is -0.343 e. The fourth-order valence-electron chi connectivity index (χ4n) is 3.99. The monoisotopic (exact) mass is 455 g/mol. The zero-order chi connectivity index (χ0) is 23.8. The highest BCUT2D eigenvalue weighted by atomic mass is 16.5. The Morgan fingerprint density at radius 2 is 1.61 bits per heavy atom. The molecule has 1 aliphatic rings. The van der Waals surface area contributed by atoms with E-state index >= 15 is 0 Å². The van der Waals surface area contributed by atoms with Crippen LogP contribution in [0.4, 0.5) is 11.4 Å². The molecule has 1 aromatic heterocycles. The van der Waals surface area contributed by atoms with E-state index in [1.807, 2.05) is 13.8 Å². The Kier molecular flexibility index (Phi) is 8.19. The quantitative estimate of drug-likeness (QED) is 0.518. The maximum atomic E-state index is 12.4. The largest absolute Gasteiger partial charge is 0.343 e. The number of hydrogen-bond acceptors (Lipinski definition) is 6. The maximum Gasteiger partial charge on any atom is 0.227 e. The zero-order valence-electron chi connectivity index (χ0n) is 19.6. The molecule has 33 heavy (non-hydrogen) atoms. The standard InChI is InChI=1S/C24H33N5O4/c1-16(2)22(32)26-19-10-8-18(9-11-19)25-20(31)12-13-21-27-23(29-33-21)24(28-17(3)30)14-6-4-5-7-15-24/h8-11,16H,4-7,12-15H2,1-3H3,(H,25,31)(H,26,32)(H,28,30). The second-order valence-electron chi connectivity index (χ2n) is 8.96. The first kappa shape index (κ1) is 24.4. The topological polar surface area (TPSA) is 126 Å². The van der Waals surface area contributed by atoms with Crippen LogP contribution in [-0.4, -0.2) is 27.9 Å². The summed E-state index contributed by atoms with van der Waals surface area (Å²) < 4.78 is 5.41. The summed E-state index contributed by atoms with van der Waals surface area (Å²) in [5.41, 5.74) is 0.715. The lowest BCUT2D eigenvalue weighted by atomic mass is 9.89. The SMILES string of the molecule is CC(=O)NC1(c2noc(CCC(=O)Nc3ccc(NC(=O)C(C)C)cc3)n2)CCCCCC1. The van der Waals surface area contributed by atoms with Crippen molar-refractivity contribution in [2.24, 2.45) is 5.92 Å². The van der Waals surface area contributed by atoms with Crippen molar-refractivity contribution in [1.29, 1.82) is 0 Å². The fourth-order valence-corrected chi connectivity index (χ4v) is 3.99. The molecule has 1 aliphatic carbocycles. The summed E-state index contributed by atoms with van der Waals surface area (Å²) in [6.45, 7) is 5.15. The summed E-state index contributed by atoms with van der Waals surface area (Å²) in [6.07, 6.45) is 6.27. The first-order valence-electron chi connectivity index (χ1n) is 11.6. The average molecular weight is 456 g/mol. The highest BCUT2D eigenvalue weighted by Gasteiger charge is 2.38. The Labute approximate surface area is 194 Å². The van der Waals surface area contributed by atoms with Crippen LogP contribution >= 0.6 is 0 Å². The highest BCUT2D eigenvalue weighted by molar-refractivity contribution is 5.93. The van der Waals surface area contributed by atoms with E-state index in [2.05, 4.69) is 26.1 Å². The molecule has 2 aromatic rings. The third kappa shape index (κ3) is 6.87. The number of aromatic nitrogens is 2. The first-order chi connectivity index (χ1) is 15.8. The number of carbonyl (C=O) groups excluding carboxylic acids is 3. The van der Waals surface area contributed by atoms with E-state index in [-0.39, 0.29) is 30.1 Å². The molecule has 9 heteroatoms. The summed E-state index contributed by atoms with van der Waals surface area (Å²) >= 11 is 0. The van der Waals surface area contributed by atoms with Gasteiger partial charge < -0.3 is 20.5 Å². The van der Waals surface area contributed by atoms with Crippen molar-refractivity contribution >= 4 is 29.1 Å². The van der Waals surface area contributed by atoms with Gasteiger partial charge in [0.2, 0.25) is 23.6 Å². The summed E-state index contributed by atoms with van der Waals surface area (Å²) in [5.74, 6) is 0.409. The van der Waals surface area contributed by atoms with E-state index < -0.39 is 5.54 Å². The molecule has 0 radical (unpaired) electrons. The molecule has 0 bridgehead atoms. The molecule has 3 amide bonds. The molecular formula is C24H33N5O4. The summed E-state index contributed by atoms with van der Waals surface area (Å²) in [4.78, 5) is 40.5. The third-order valence-corrected chi connectivity index (χ3v) is 5.80. The van der Waals surface area contributed by atoms with E-state index in [4.69, 9.17) is 4.52 Å². The molecule has 178 valence electrons. The lowest BCUT2D eigenvalue weighted by molar-refractivity contribution is -0.121. The molecule has 1 aromatic carbocycles. The van der Waals surface area contributed by atoms with E-state index in [0.717, 1.165) is 38.5 Å². The van der Waals surface area contributed by atoms with Crippen LogP contribution in [0, 0.1) is 5.92 Å². The predicted molar refractivity (Wildman–Crippen MR) is 124 cm³/mol. The van der Waals surface area contributed by atoms with Crippen LogP contribution in [0.5, 0.6) is 0 Å². The van der Waals surface area contributed by atoms with Gasteiger partial charge in [0.05, 0.1) is 0 Å². The number of rotatable bonds is 8. The molecule has 1 saturated carbocycles. The number of hydrogen-bond donors (Lipinski definition) is 3. The van der Waals surface area contributed by atoms with Crippen LogP contribution in [-0.2, 0) is 26.3 Å². The number of anilines is 2. The van der Waals surface area contributed by atoms with Crippen LogP contribution in [0.3, 0.4) is 0 Å². The fraction of sp³-hybridized carbons (Fsp3) is 0.542. The second kappa shape index (κ2) is 11.1. The molecule has 0 atom stereocenters. The van der Waals surface area contributed by atoms with Crippen molar-refractivity contribution in [3.63, 3.8) is 0 Å². The lowest BCUT2D eigenvalue weighted by Gasteiger charge is -2.30. The Balaban J connectivity index is 1.55. The van der Waals surface area contributed by atoms with Gasteiger partial charge in [0.25, 0.3) is 0 Å². The zero-order valence-corrected chi connectivity index (χ0v) is 19.6. The summed E-state index contributed by atoms with van der Waals surface area (Å²) in [6, 6.07) is 6.96. The Morgan fingerprint density at radius 1 is 1.00 bits per heavy atom. The molecule has 0 unspecified atom stereocenters. The molecule has 1 heterocycles. The number of aryl methyl sites for hydroxylation is 1. The maximum absolute atomic E-state index is 12.4. The molecule has 0 aliphatic heterocycles. The van der Waals surface area contributed by atoms with E-state index in [1.54, 1.807) is 24.3 Å². The minimum absolute atomic E-state index is 0.0603. The van der Waals surface area contributed by atoms with Gasteiger partial charge in [0.1, 0.15) is 5.54 Å². The molecule has 3 N–H and O–H groups in total. The van der Waals surface area contributed by atoms with Gasteiger partial charge in [-0.2, -0.15) is 4.98 Å². The van der Waals surface area contributed by atoms with Gasteiger partial charge in [-0.3, -0.25) is 14.4 Å². The van der Waals surface area contributed by atoms with Crippen LogP contribution in [0.2, 0.25) is 0 Å². The van der Waals surface area contributed by atoms with E-state index in [1.165, 1.54) is 6.92 Å². The summed E-state index contributed by atoms with van der Waals surface area (Å²) in [7, 11) is 0. The number of benzene rings is 1. The van der Waals surface area contributed by atoms with Gasteiger partial charge in [-0.05, 0) is 37.1 Å². The van der Waals surface area contributed by atoms with E-state index in [9.17, 15) is 14.4 Å². The predicted octanol–water partition coefficient (Wildman–Crippen LogP) is 3.92. The number of carbonyl (C=O) groups is 3. The summed E-state index contributed by atoms with van der Waals surface area (Å²) in [5, 5.41) is 12.8. The van der Waals surface area contributed by atoms with Crippen LogP contribution in [0.1, 0.15) is 77.4 Å². The smallest absolute Gasteiger partial charge is 0.227 e. The molecule has 0 spiro atoms. The van der Waals surface area contributed by atoms with Gasteiger partial charge in [-0.15, -0.1) is 0 Å². The average Bonchev–Trinajstić information content (AvgIpc) is 3.13. The van der Waals surface area contributed by atoms with Crippen molar-refractivity contribution in [2.45, 2.75) is 77.7 Å². The Hall–Kier alpha value is -3.23. The molecule has 1 fully saturated rings. The van der Waals surface area contributed by atoms with Gasteiger partial charge in [-0.1, -0.05) is 44.7 Å². The van der Waals surface area contributed by atoms with Crippen molar-refractivity contribution < 1.29 is 18.9 Å². The van der Waals surface area contributed by atoms with Crippen molar-refractivity contribution in [2.75, 3.05) is 10.6 Å². The van der Waals surface area contributed by atoms with Gasteiger partial charge >= 0.3 is 0 Å². The molecule has 9 nitrogen and oxygen atoms in total. The van der Waals surface area contributed by atoms with Crippen molar-refractivity contribution in [3.8, 4) is 0 Å². The third-order valence-electron chi connectivity index (χ3n) is 5.80. The number of nitrogens with zero attached hydrogens (tertiary/aromatic N) is 2. The van der Waals surface area contributed by atoms with Crippen LogP contribution < -0.4 is 16.0 Å². The van der Waals surface area contributed by atoms with E-state index in [0.29, 0.717) is 29.5 Å². The lowest BCUT2D eigenvalue weighted by Crippen LogP contribution is -2.45. The molecule has 3 rings (SSSR count). The first-order valence-corrected chi connectivity index (χ1v) is 11.6. The Morgan fingerprint density at radius 3 is 2.18 bits per heavy atom. The second-order valence-corrected chi connectivity index (χ2v) is 8.96. The highest BCUT2D eigenvalue weighted by Crippen LogP contribution is 2.34. The number of amides is 3. The van der Waals surface area contributed by atoms with Crippen LogP contribution in [0.15, 0.2) is 28.8 Å². The van der Waals surface area contributed by atoms with Crippen molar-refractivity contribution in [3.05, 3.63) is 36.0 Å². The van der Waals surface area contributed by atoms with Crippen LogP contribution in [0.25, 0.3) is 0 Å². The number of nitrogens with one attached hydrogen (secondary N) is 3. The van der Waals surface area contributed by atoms with Crippen molar-refractivity contribution in [1.82, 2.24) is 15.5 Å². The molecule has 0 saturated heterocycles. The molecular weight excluding hydrogens is 422 g/mol. The van der Waals surface area contributed by atoms with Gasteiger partial charge in [0.15, 0.2) is 5.82 Å². The minimum atomic E-state index is -0.598. The Bertz CT molecular complexity index is 959. The van der Waals surface area contributed by atoms with Gasteiger partial charge in [0, 0.05) is 37.1 Å².